The number of hydrogen-bond acceptors (Lipinski definition) is 5. The van der Waals surface area contributed by atoms with Crippen molar-refractivity contribution in [2.45, 2.75) is 102 Å². The normalized spacial score (nSPS) is 18.0. The number of sulfonamides is 1. The number of carbonyl (C=O) groups is 1. The van der Waals surface area contributed by atoms with Crippen molar-refractivity contribution >= 4 is 15.9 Å². The summed E-state index contributed by atoms with van der Waals surface area (Å²) in [7, 11) is -3.46. The number of nitrogens with zero attached hydrogens (tertiary/aromatic N) is 1. The average molecular weight is 596 g/mol. The predicted octanol–water partition coefficient (Wildman–Crippen LogP) is 5.73. The summed E-state index contributed by atoms with van der Waals surface area (Å²) in [6, 6.07) is 5.64. The number of amides is 1. The molecule has 1 saturated carbocycles. The second kappa shape index (κ2) is 12.5. The van der Waals surface area contributed by atoms with Crippen molar-refractivity contribution in [3.05, 3.63) is 41.1 Å². The van der Waals surface area contributed by atoms with Crippen LogP contribution in [0.3, 0.4) is 0 Å². The maximum absolute atomic E-state index is 15.2. The minimum Gasteiger partial charge on any atom is -0.381 e. The van der Waals surface area contributed by atoms with Crippen LogP contribution in [0.25, 0.3) is 11.3 Å². The summed E-state index contributed by atoms with van der Waals surface area (Å²) in [4.78, 5) is 12.9. The van der Waals surface area contributed by atoms with Gasteiger partial charge in [-0.3, -0.25) is 4.79 Å². The zero-order valence-electron chi connectivity index (χ0n) is 24.7. The van der Waals surface area contributed by atoms with Gasteiger partial charge in [-0.25, -0.2) is 13.1 Å². The number of halogens is 2. The molecular weight excluding hydrogens is 552 g/mol. The van der Waals surface area contributed by atoms with E-state index >= 15 is 8.78 Å². The molecule has 228 valence electrons. The number of benzene rings is 1. The lowest BCUT2D eigenvalue weighted by Gasteiger charge is -2.25. The third-order valence-electron chi connectivity index (χ3n) is 7.91. The number of methoxy groups -OCH3 is 1. The number of rotatable bonds is 9. The molecule has 1 saturated heterocycles. The van der Waals surface area contributed by atoms with Crippen molar-refractivity contribution in [3.63, 3.8) is 0 Å². The fraction of sp³-hybridized carbons (Fsp3) is 0.633. The van der Waals surface area contributed by atoms with E-state index in [1.165, 1.54) is 24.6 Å². The molecule has 1 amide bonds. The summed E-state index contributed by atoms with van der Waals surface area (Å²) in [5.41, 5.74) is 0.567. The lowest BCUT2D eigenvalue weighted by atomic mass is 9.89. The van der Waals surface area contributed by atoms with Gasteiger partial charge in [-0.15, -0.1) is 0 Å². The topological polar surface area (TPSA) is 98.7 Å². The van der Waals surface area contributed by atoms with Crippen LogP contribution in [0.15, 0.2) is 29.2 Å². The number of carbonyl (C=O) groups excluding carboxylic acids is 1. The largest absolute Gasteiger partial charge is 0.384 e. The van der Waals surface area contributed by atoms with Crippen molar-refractivity contribution in [1.82, 2.24) is 14.6 Å². The van der Waals surface area contributed by atoms with E-state index in [1.54, 1.807) is 26.8 Å². The van der Waals surface area contributed by atoms with E-state index in [0.717, 1.165) is 51.3 Å². The van der Waals surface area contributed by atoms with E-state index in [4.69, 9.17) is 4.74 Å². The molecule has 2 N–H and O–H groups in total. The van der Waals surface area contributed by atoms with E-state index in [9.17, 15) is 13.2 Å². The molecule has 1 aliphatic carbocycles. The fourth-order valence-electron chi connectivity index (χ4n) is 5.80. The zero-order chi connectivity index (χ0) is 30.0. The first kappa shape index (κ1) is 31.6. The standard InChI is InChI=1S/C30H43F2N3O5S/c1-20-24(28(36)33-23-13-15-40-16-14-23)18-26(35(20)19-21-9-7-6-8-10-21)22-11-12-27(25(17-22)30(31,32)39-5)41(37,38)34-29(2,3)4/h11-12,17-18,21,23,34H,6-10,13-16,19H2,1-5H3,(H,33,36). The van der Waals surface area contributed by atoms with Crippen LogP contribution in [0.4, 0.5) is 8.78 Å². The SMILES string of the molecule is COC(F)(F)c1cc(-c2cc(C(=O)NC3CCOCC3)c(C)n2CC2CCCCC2)ccc1S(=O)(=O)NC(C)(C)C. The quantitative estimate of drug-likeness (QED) is 0.386. The molecular formula is C30H43F2N3O5S. The molecule has 2 aromatic rings. The highest BCUT2D eigenvalue weighted by Crippen LogP contribution is 2.38. The summed E-state index contributed by atoms with van der Waals surface area (Å²) in [5.74, 6) is 0.185. The summed E-state index contributed by atoms with van der Waals surface area (Å²) in [6.07, 6.45) is 3.18. The Morgan fingerprint density at radius 1 is 1.07 bits per heavy atom. The number of alkyl halides is 2. The van der Waals surface area contributed by atoms with Gasteiger partial charge in [0.2, 0.25) is 10.0 Å². The van der Waals surface area contributed by atoms with Gasteiger partial charge in [-0.2, -0.15) is 8.78 Å². The molecule has 2 heterocycles. The maximum atomic E-state index is 15.2. The van der Waals surface area contributed by atoms with Gasteiger partial charge < -0.3 is 19.4 Å². The molecule has 1 aromatic carbocycles. The number of ether oxygens (including phenoxy) is 2. The Kier molecular flexibility index (Phi) is 9.62. The summed E-state index contributed by atoms with van der Waals surface area (Å²) >= 11 is 0. The molecule has 0 spiro atoms. The van der Waals surface area contributed by atoms with Crippen molar-refractivity contribution in [1.29, 1.82) is 0 Å². The first-order chi connectivity index (χ1) is 19.2. The monoisotopic (exact) mass is 595 g/mol. The van der Waals surface area contributed by atoms with Gasteiger partial charge in [-0.1, -0.05) is 25.3 Å². The van der Waals surface area contributed by atoms with Gasteiger partial charge in [0, 0.05) is 49.8 Å². The highest BCUT2D eigenvalue weighted by atomic mass is 32.2. The molecule has 0 unspecified atom stereocenters. The second-order valence-corrected chi connectivity index (χ2v) is 13.9. The van der Waals surface area contributed by atoms with Crippen molar-refractivity contribution in [2.75, 3.05) is 20.3 Å². The van der Waals surface area contributed by atoms with E-state index in [-0.39, 0.29) is 11.9 Å². The first-order valence-electron chi connectivity index (χ1n) is 14.4. The highest BCUT2D eigenvalue weighted by Gasteiger charge is 2.39. The Balaban J connectivity index is 1.81. The van der Waals surface area contributed by atoms with Gasteiger partial charge in [0.25, 0.3) is 5.91 Å². The zero-order valence-corrected chi connectivity index (χ0v) is 25.5. The molecule has 0 atom stereocenters. The lowest BCUT2D eigenvalue weighted by Crippen LogP contribution is -2.41. The van der Waals surface area contributed by atoms with Crippen LogP contribution in [0.2, 0.25) is 0 Å². The van der Waals surface area contributed by atoms with Gasteiger partial charge >= 0.3 is 6.11 Å². The van der Waals surface area contributed by atoms with Gasteiger partial charge in [0.1, 0.15) is 0 Å². The second-order valence-electron chi connectivity index (χ2n) is 12.3. The Bertz CT molecular complexity index is 1340. The smallest absolute Gasteiger partial charge is 0.381 e. The Morgan fingerprint density at radius 2 is 1.73 bits per heavy atom. The van der Waals surface area contributed by atoms with Gasteiger partial charge in [0.05, 0.1) is 16.0 Å². The number of nitrogens with one attached hydrogen (secondary N) is 2. The van der Waals surface area contributed by atoms with Crippen molar-refractivity contribution < 1.29 is 31.5 Å². The predicted molar refractivity (Wildman–Crippen MR) is 153 cm³/mol. The summed E-state index contributed by atoms with van der Waals surface area (Å²) in [6.45, 7) is 8.62. The molecule has 2 fully saturated rings. The molecule has 41 heavy (non-hydrogen) atoms. The fourth-order valence-corrected chi connectivity index (χ4v) is 7.43. The first-order valence-corrected chi connectivity index (χ1v) is 15.9. The molecule has 4 rings (SSSR count). The number of hydrogen-bond donors (Lipinski definition) is 2. The molecule has 0 bridgehead atoms. The molecule has 1 aliphatic heterocycles. The van der Waals surface area contributed by atoms with Crippen LogP contribution in [-0.2, 0) is 32.2 Å². The van der Waals surface area contributed by atoms with E-state index < -0.39 is 32.1 Å². The molecule has 2 aliphatic rings. The molecule has 8 nitrogen and oxygen atoms in total. The minimum absolute atomic E-state index is 0.00704. The minimum atomic E-state index is -4.30. The van der Waals surface area contributed by atoms with Crippen molar-refractivity contribution in [2.24, 2.45) is 5.92 Å². The lowest BCUT2D eigenvalue weighted by molar-refractivity contribution is -0.233. The van der Waals surface area contributed by atoms with Gasteiger partial charge in [0.15, 0.2) is 0 Å². The van der Waals surface area contributed by atoms with Gasteiger partial charge in [-0.05, 0) is 83.1 Å². The molecule has 0 radical (unpaired) electrons. The van der Waals surface area contributed by atoms with Crippen LogP contribution in [0.1, 0.15) is 87.3 Å². The summed E-state index contributed by atoms with van der Waals surface area (Å²) < 4.78 is 71.0. The van der Waals surface area contributed by atoms with Crippen LogP contribution >= 0.6 is 0 Å². The van der Waals surface area contributed by atoms with Crippen LogP contribution < -0.4 is 10.0 Å². The van der Waals surface area contributed by atoms with E-state index in [0.29, 0.717) is 42.5 Å². The van der Waals surface area contributed by atoms with E-state index in [2.05, 4.69) is 14.8 Å². The summed E-state index contributed by atoms with van der Waals surface area (Å²) in [5, 5.41) is 3.11. The number of aromatic nitrogens is 1. The van der Waals surface area contributed by atoms with Crippen LogP contribution in [0, 0.1) is 12.8 Å². The molecule has 1 aromatic heterocycles. The average Bonchev–Trinajstić information content (AvgIpc) is 3.24. The Morgan fingerprint density at radius 3 is 2.34 bits per heavy atom. The molecule has 11 heteroatoms. The Hall–Kier alpha value is -2.34. The van der Waals surface area contributed by atoms with E-state index in [1.807, 2.05) is 11.5 Å². The third-order valence-corrected chi connectivity index (χ3v) is 9.72. The Labute approximate surface area is 242 Å². The third kappa shape index (κ3) is 7.55. The van der Waals surface area contributed by atoms with Crippen molar-refractivity contribution in [3.8, 4) is 11.3 Å². The van der Waals surface area contributed by atoms with Crippen LogP contribution in [-0.4, -0.2) is 50.8 Å². The van der Waals surface area contributed by atoms with Crippen LogP contribution in [0.5, 0.6) is 0 Å². The highest BCUT2D eigenvalue weighted by molar-refractivity contribution is 7.89. The maximum Gasteiger partial charge on any atom is 0.384 e.